The van der Waals surface area contributed by atoms with E-state index >= 15 is 0 Å². The van der Waals surface area contributed by atoms with Crippen LogP contribution in [0, 0.1) is 10.1 Å². The number of nitrogens with zero attached hydrogens (tertiary/aromatic N) is 2. The minimum Gasteiger partial charge on any atom is -0.364 e. The highest BCUT2D eigenvalue weighted by Gasteiger charge is 2.17. The lowest BCUT2D eigenvalue weighted by Crippen LogP contribution is -2.23. The zero-order chi connectivity index (χ0) is 12.4. The van der Waals surface area contributed by atoms with Crippen molar-refractivity contribution in [2.24, 2.45) is 0 Å². The van der Waals surface area contributed by atoms with Crippen molar-refractivity contribution in [3.8, 4) is 0 Å². The summed E-state index contributed by atoms with van der Waals surface area (Å²) in [5.41, 5.74) is -0.485. The van der Waals surface area contributed by atoms with Crippen molar-refractivity contribution in [1.82, 2.24) is 4.57 Å². The lowest BCUT2D eigenvalue weighted by Gasteiger charge is -2.08. The van der Waals surface area contributed by atoms with Gasteiger partial charge in [-0.15, -0.1) is 0 Å². The molecule has 0 aliphatic rings. The summed E-state index contributed by atoms with van der Waals surface area (Å²) in [6, 6.07) is 8.24. The zero-order valence-electron chi connectivity index (χ0n) is 9.12. The highest BCUT2D eigenvalue weighted by atomic mass is 16.6. The smallest absolute Gasteiger partial charge is 0.334 e. The molecule has 0 amide bonds. The van der Waals surface area contributed by atoms with Gasteiger partial charge in [0.1, 0.15) is 6.73 Å². The van der Waals surface area contributed by atoms with Crippen molar-refractivity contribution in [2.45, 2.75) is 6.73 Å². The molecule has 2 aromatic rings. The van der Waals surface area contributed by atoms with E-state index in [9.17, 15) is 14.9 Å². The third kappa shape index (κ3) is 1.90. The molecular formula is C11H10N2O4. The maximum absolute atomic E-state index is 11.9. The van der Waals surface area contributed by atoms with Gasteiger partial charge in [0.2, 0.25) is 0 Å². The lowest BCUT2D eigenvalue weighted by molar-refractivity contribution is -0.386. The summed E-state index contributed by atoms with van der Waals surface area (Å²) >= 11 is 0. The van der Waals surface area contributed by atoms with Crippen molar-refractivity contribution in [1.29, 1.82) is 0 Å². The van der Waals surface area contributed by atoms with Crippen LogP contribution in [0.15, 0.2) is 35.1 Å². The molecule has 0 N–H and O–H groups in total. The van der Waals surface area contributed by atoms with Crippen molar-refractivity contribution < 1.29 is 9.66 Å². The predicted molar refractivity (Wildman–Crippen MR) is 61.9 cm³/mol. The number of pyridine rings is 1. The molecule has 1 aromatic heterocycles. The first kappa shape index (κ1) is 11.3. The van der Waals surface area contributed by atoms with Gasteiger partial charge in [0.15, 0.2) is 0 Å². The largest absolute Gasteiger partial charge is 0.364 e. The van der Waals surface area contributed by atoms with Gasteiger partial charge in [0.05, 0.1) is 10.4 Å². The van der Waals surface area contributed by atoms with Crippen LogP contribution in [0.25, 0.3) is 10.9 Å². The van der Waals surface area contributed by atoms with E-state index in [1.165, 1.54) is 17.7 Å². The average Bonchev–Trinajstić information content (AvgIpc) is 2.32. The number of fused-ring (bicyclic) bond motifs is 1. The summed E-state index contributed by atoms with van der Waals surface area (Å²) in [5.74, 6) is 0. The van der Waals surface area contributed by atoms with E-state index in [4.69, 9.17) is 4.74 Å². The topological polar surface area (TPSA) is 74.4 Å². The molecule has 6 heteroatoms. The number of rotatable bonds is 3. The second-order valence-corrected chi connectivity index (χ2v) is 3.50. The maximum Gasteiger partial charge on any atom is 0.334 e. The van der Waals surface area contributed by atoms with Gasteiger partial charge in [0, 0.05) is 18.6 Å². The summed E-state index contributed by atoms with van der Waals surface area (Å²) in [4.78, 5) is 21.9. The minimum atomic E-state index is -0.680. The Morgan fingerprint density at radius 2 is 2.12 bits per heavy atom. The standard InChI is InChI=1S/C11H10N2O4/c1-17-7-12-9-5-3-2-4-8(9)6-10(11(12)14)13(15)16/h2-6H,7H2,1H3. The van der Waals surface area contributed by atoms with E-state index in [-0.39, 0.29) is 6.73 Å². The maximum atomic E-state index is 11.9. The van der Waals surface area contributed by atoms with Crippen LogP contribution >= 0.6 is 0 Å². The molecule has 0 aliphatic heterocycles. The normalized spacial score (nSPS) is 10.6. The van der Waals surface area contributed by atoms with E-state index < -0.39 is 16.2 Å². The molecule has 1 heterocycles. The van der Waals surface area contributed by atoms with Crippen LogP contribution in [0.1, 0.15) is 0 Å². The Hall–Kier alpha value is -2.21. The number of para-hydroxylation sites is 1. The third-order valence-corrected chi connectivity index (χ3v) is 2.44. The van der Waals surface area contributed by atoms with Gasteiger partial charge in [0.25, 0.3) is 0 Å². The molecule has 0 radical (unpaired) electrons. The second-order valence-electron chi connectivity index (χ2n) is 3.50. The van der Waals surface area contributed by atoms with Crippen LogP contribution < -0.4 is 5.56 Å². The molecule has 2 rings (SSSR count). The first-order valence-corrected chi connectivity index (χ1v) is 4.91. The Kier molecular flexibility index (Phi) is 2.88. The van der Waals surface area contributed by atoms with Gasteiger partial charge >= 0.3 is 11.2 Å². The van der Waals surface area contributed by atoms with E-state index in [2.05, 4.69) is 0 Å². The summed E-state index contributed by atoms with van der Waals surface area (Å²) in [5, 5.41) is 11.4. The van der Waals surface area contributed by atoms with Gasteiger partial charge in [-0.3, -0.25) is 19.5 Å². The van der Waals surface area contributed by atoms with Crippen LogP contribution in [0.2, 0.25) is 0 Å². The Labute approximate surface area is 96.2 Å². The molecule has 0 saturated carbocycles. The van der Waals surface area contributed by atoms with E-state index in [0.29, 0.717) is 10.9 Å². The molecule has 0 bridgehead atoms. The van der Waals surface area contributed by atoms with Gasteiger partial charge in [-0.2, -0.15) is 0 Å². The van der Waals surface area contributed by atoms with E-state index in [0.717, 1.165) is 0 Å². The van der Waals surface area contributed by atoms with Crippen LogP contribution in [-0.4, -0.2) is 16.6 Å². The summed E-state index contributed by atoms with van der Waals surface area (Å²) < 4.78 is 6.14. The molecule has 17 heavy (non-hydrogen) atoms. The van der Waals surface area contributed by atoms with E-state index in [1.54, 1.807) is 24.3 Å². The SMILES string of the molecule is COCn1c(=O)c([N+](=O)[O-])cc2ccccc21. The molecule has 0 aliphatic carbocycles. The van der Waals surface area contributed by atoms with Crippen molar-refractivity contribution >= 4 is 16.6 Å². The summed E-state index contributed by atoms with van der Waals surface area (Å²) in [6.45, 7) is -0.0129. The van der Waals surface area contributed by atoms with Crippen molar-refractivity contribution in [2.75, 3.05) is 7.11 Å². The van der Waals surface area contributed by atoms with Gasteiger partial charge in [-0.25, -0.2) is 0 Å². The number of hydrogen-bond acceptors (Lipinski definition) is 4. The molecule has 1 aromatic carbocycles. The molecule has 0 saturated heterocycles. The Morgan fingerprint density at radius 3 is 2.76 bits per heavy atom. The Bertz CT molecular complexity index is 633. The first-order valence-electron chi connectivity index (χ1n) is 4.91. The quantitative estimate of drug-likeness (QED) is 0.596. The third-order valence-electron chi connectivity index (χ3n) is 2.44. The zero-order valence-corrected chi connectivity index (χ0v) is 9.12. The number of nitro groups is 1. The van der Waals surface area contributed by atoms with Crippen LogP contribution in [0.4, 0.5) is 5.69 Å². The van der Waals surface area contributed by atoms with E-state index in [1.807, 2.05) is 0 Å². The Morgan fingerprint density at radius 1 is 1.41 bits per heavy atom. The predicted octanol–water partition coefficient (Wildman–Crippen LogP) is 1.51. The van der Waals surface area contributed by atoms with Gasteiger partial charge < -0.3 is 4.74 Å². The average molecular weight is 234 g/mol. The highest BCUT2D eigenvalue weighted by molar-refractivity contribution is 5.80. The summed E-state index contributed by atoms with van der Waals surface area (Å²) in [7, 11) is 1.43. The summed E-state index contributed by atoms with van der Waals surface area (Å²) in [6.07, 6.45) is 0. The number of aromatic nitrogens is 1. The fourth-order valence-electron chi connectivity index (χ4n) is 1.70. The number of methoxy groups -OCH3 is 1. The van der Waals surface area contributed by atoms with Crippen LogP contribution in [0.3, 0.4) is 0 Å². The fraction of sp³-hybridized carbons (Fsp3) is 0.182. The van der Waals surface area contributed by atoms with Gasteiger partial charge in [-0.1, -0.05) is 18.2 Å². The Balaban J connectivity index is 2.85. The number of benzene rings is 1. The number of hydrogen-bond donors (Lipinski definition) is 0. The van der Waals surface area contributed by atoms with Crippen molar-refractivity contribution in [3.05, 3.63) is 50.8 Å². The molecular weight excluding hydrogens is 224 g/mol. The molecule has 6 nitrogen and oxygen atoms in total. The van der Waals surface area contributed by atoms with Gasteiger partial charge in [-0.05, 0) is 6.07 Å². The molecule has 0 spiro atoms. The molecule has 0 atom stereocenters. The minimum absolute atomic E-state index is 0.0129. The number of ether oxygens (including phenoxy) is 1. The second kappa shape index (κ2) is 4.34. The first-order chi connectivity index (χ1) is 8.15. The molecule has 0 unspecified atom stereocenters. The highest BCUT2D eigenvalue weighted by Crippen LogP contribution is 2.16. The monoisotopic (exact) mass is 234 g/mol. The fourth-order valence-corrected chi connectivity index (χ4v) is 1.70. The molecule has 88 valence electrons. The lowest BCUT2D eigenvalue weighted by atomic mass is 10.2. The van der Waals surface area contributed by atoms with Crippen LogP contribution in [-0.2, 0) is 11.5 Å². The molecule has 0 fully saturated rings. The van der Waals surface area contributed by atoms with Crippen molar-refractivity contribution in [3.63, 3.8) is 0 Å². The van der Waals surface area contributed by atoms with Crippen LogP contribution in [0.5, 0.6) is 0 Å².